The van der Waals surface area contributed by atoms with E-state index >= 15 is 0 Å². The molecule has 0 saturated carbocycles. The van der Waals surface area contributed by atoms with E-state index in [9.17, 15) is 9.59 Å². The number of rotatable bonds is 5. The van der Waals surface area contributed by atoms with E-state index in [1.165, 1.54) is 6.42 Å². The predicted molar refractivity (Wildman–Crippen MR) is 91.4 cm³/mol. The average Bonchev–Trinajstić information content (AvgIpc) is 3.10. The van der Waals surface area contributed by atoms with E-state index < -0.39 is 0 Å². The van der Waals surface area contributed by atoms with Gasteiger partial charge in [0.25, 0.3) is 5.91 Å². The number of likely N-dealkylation sites (tertiary alicyclic amines) is 1. The maximum Gasteiger partial charge on any atom is 0.289 e. The van der Waals surface area contributed by atoms with Crippen molar-refractivity contribution >= 4 is 11.8 Å². The van der Waals surface area contributed by atoms with Crippen LogP contribution in [0.2, 0.25) is 0 Å². The Morgan fingerprint density at radius 3 is 2.38 bits per heavy atom. The second kappa shape index (κ2) is 7.34. The Bertz CT molecular complexity index is 712. The molecule has 0 bridgehead atoms. The highest BCUT2D eigenvalue weighted by Crippen LogP contribution is 2.24. The predicted octanol–water partition coefficient (Wildman–Crippen LogP) is 2.99. The largest absolute Gasteiger partial charge is 0.451 e. The third-order valence-electron chi connectivity index (χ3n) is 4.36. The Kier molecular flexibility index (Phi) is 4.99. The Morgan fingerprint density at radius 1 is 1.00 bits per heavy atom. The first-order valence-electron chi connectivity index (χ1n) is 8.40. The van der Waals surface area contributed by atoms with Gasteiger partial charge in [-0.1, -0.05) is 24.3 Å². The molecule has 1 aromatic heterocycles. The molecule has 2 N–H and O–H groups in total. The minimum Gasteiger partial charge on any atom is -0.451 e. The zero-order valence-corrected chi connectivity index (χ0v) is 13.7. The summed E-state index contributed by atoms with van der Waals surface area (Å²) in [4.78, 5) is 25.1. The summed E-state index contributed by atoms with van der Waals surface area (Å²) >= 11 is 0. The van der Waals surface area contributed by atoms with Gasteiger partial charge in [-0.2, -0.15) is 0 Å². The molecule has 1 aliphatic rings. The van der Waals surface area contributed by atoms with Crippen LogP contribution in [-0.2, 0) is 11.2 Å². The Balaban J connectivity index is 1.68. The summed E-state index contributed by atoms with van der Waals surface area (Å²) in [6.07, 6.45) is 4.29. The van der Waals surface area contributed by atoms with Crippen LogP contribution in [0, 0.1) is 0 Å². The number of piperidine rings is 1. The molecule has 0 unspecified atom stereocenters. The molecule has 0 aliphatic carbocycles. The van der Waals surface area contributed by atoms with E-state index in [2.05, 4.69) is 0 Å². The van der Waals surface area contributed by atoms with Gasteiger partial charge in [0, 0.05) is 25.1 Å². The fourth-order valence-corrected chi connectivity index (χ4v) is 2.96. The summed E-state index contributed by atoms with van der Waals surface area (Å²) in [5, 5.41) is 0. The van der Waals surface area contributed by atoms with E-state index in [0.717, 1.165) is 37.1 Å². The van der Waals surface area contributed by atoms with Gasteiger partial charge in [-0.25, -0.2) is 0 Å². The Morgan fingerprint density at radius 2 is 1.71 bits per heavy atom. The molecule has 5 nitrogen and oxygen atoms in total. The fourth-order valence-electron chi connectivity index (χ4n) is 2.96. The fraction of sp³-hybridized carbons (Fsp3) is 0.368. The molecule has 0 radical (unpaired) electrons. The molecule has 2 aromatic rings. The minimum absolute atomic E-state index is 0.0287. The first kappa shape index (κ1) is 16.3. The molecular weight excluding hydrogens is 304 g/mol. The molecule has 1 fully saturated rings. The number of hydrogen-bond donors (Lipinski definition) is 1. The van der Waals surface area contributed by atoms with Crippen molar-refractivity contribution in [1.29, 1.82) is 0 Å². The van der Waals surface area contributed by atoms with Gasteiger partial charge in [0.2, 0.25) is 5.91 Å². The lowest BCUT2D eigenvalue weighted by Gasteiger charge is -2.25. The van der Waals surface area contributed by atoms with Crippen molar-refractivity contribution in [3.63, 3.8) is 0 Å². The van der Waals surface area contributed by atoms with E-state index in [-0.39, 0.29) is 11.8 Å². The van der Waals surface area contributed by atoms with Crippen molar-refractivity contribution < 1.29 is 14.0 Å². The molecule has 126 valence electrons. The van der Waals surface area contributed by atoms with Gasteiger partial charge in [0.05, 0.1) is 0 Å². The van der Waals surface area contributed by atoms with Gasteiger partial charge in [0.1, 0.15) is 5.76 Å². The first-order chi connectivity index (χ1) is 11.6. The SMILES string of the molecule is NC(=O)CCc1ccc(-c2ccc(C(=O)N3CCCCC3)o2)cc1. The van der Waals surface area contributed by atoms with Gasteiger partial charge in [-0.3, -0.25) is 9.59 Å². The number of benzene rings is 1. The van der Waals surface area contributed by atoms with Gasteiger partial charge in [-0.15, -0.1) is 0 Å². The number of carbonyl (C=O) groups is 2. The zero-order chi connectivity index (χ0) is 16.9. The monoisotopic (exact) mass is 326 g/mol. The minimum atomic E-state index is -0.300. The number of nitrogens with two attached hydrogens (primary N) is 1. The van der Waals surface area contributed by atoms with Crippen LogP contribution >= 0.6 is 0 Å². The zero-order valence-electron chi connectivity index (χ0n) is 13.7. The number of carbonyl (C=O) groups excluding carboxylic acids is 2. The summed E-state index contributed by atoms with van der Waals surface area (Å²) in [6.45, 7) is 1.62. The number of nitrogens with zero attached hydrogens (tertiary/aromatic N) is 1. The second-order valence-electron chi connectivity index (χ2n) is 6.18. The van der Waals surface area contributed by atoms with Gasteiger partial charge in [-0.05, 0) is 43.4 Å². The summed E-state index contributed by atoms with van der Waals surface area (Å²) in [6, 6.07) is 11.3. The van der Waals surface area contributed by atoms with Crippen LogP contribution in [0.15, 0.2) is 40.8 Å². The number of furan rings is 1. The first-order valence-corrected chi connectivity index (χ1v) is 8.40. The van der Waals surface area contributed by atoms with Crippen molar-refractivity contribution in [2.75, 3.05) is 13.1 Å². The highest BCUT2D eigenvalue weighted by Gasteiger charge is 2.21. The molecule has 2 heterocycles. The number of primary amides is 1. The van der Waals surface area contributed by atoms with E-state index in [1.54, 1.807) is 6.07 Å². The standard InChI is InChI=1S/C19H22N2O3/c20-18(22)11-6-14-4-7-15(8-5-14)16-9-10-17(24-16)19(23)21-12-2-1-3-13-21/h4-5,7-10H,1-3,6,11-13H2,(H2,20,22). The molecule has 1 saturated heterocycles. The van der Waals surface area contributed by atoms with Crippen LogP contribution in [0.5, 0.6) is 0 Å². The van der Waals surface area contributed by atoms with E-state index in [0.29, 0.717) is 24.4 Å². The maximum atomic E-state index is 12.4. The van der Waals surface area contributed by atoms with Crippen LogP contribution in [0.4, 0.5) is 0 Å². The van der Waals surface area contributed by atoms with Crippen LogP contribution in [-0.4, -0.2) is 29.8 Å². The third kappa shape index (κ3) is 3.85. The van der Waals surface area contributed by atoms with Crippen molar-refractivity contribution in [3.8, 4) is 11.3 Å². The van der Waals surface area contributed by atoms with Gasteiger partial charge < -0.3 is 15.1 Å². The summed E-state index contributed by atoms with van der Waals surface area (Å²) < 4.78 is 5.76. The summed E-state index contributed by atoms with van der Waals surface area (Å²) in [5.41, 5.74) is 7.13. The number of hydrogen-bond acceptors (Lipinski definition) is 3. The van der Waals surface area contributed by atoms with Gasteiger partial charge in [0.15, 0.2) is 5.76 Å². The molecule has 2 amide bonds. The number of aryl methyl sites for hydroxylation is 1. The lowest BCUT2D eigenvalue weighted by Crippen LogP contribution is -2.35. The van der Waals surface area contributed by atoms with Crippen LogP contribution in [0.1, 0.15) is 41.8 Å². The van der Waals surface area contributed by atoms with E-state index in [1.807, 2.05) is 35.2 Å². The topological polar surface area (TPSA) is 76.5 Å². The average molecular weight is 326 g/mol. The Labute approximate surface area is 141 Å². The smallest absolute Gasteiger partial charge is 0.289 e. The molecule has 0 spiro atoms. The van der Waals surface area contributed by atoms with Crippen LogP contribution in [0.25, 0.3) is 11.3 Å². The van der Waals surface area contributed by atoms with Gasteiger partial charge >= 0.3 is 0 Å². The summed E-state index contributed by atoms with van der Waals surface area (Å²) in [7, 11) is 0. The van der Waals surface area contributed by atoms with Crippen molar-refractivity contribution in [3.05, 3.63) is 47.7 Å². The molecule has 1 aromatic carbocycles. The lowest BCUT2D eigenvalue weighted by atomic mass is 10.1. The molecule has 3 rings (SSSR count). The highest BCUT2D eigenvalue weighted by atomic mass is 16.4. The third-order valence-corrected chi connectivity index (χ3v) is 4.36. The van der Waals surface area contributed by atoms with E-state index in [4.69, 9.17) is 10.2 Å². The Hall–Kier alpha value is -2.56. The lowest BCUT2D eigenvalue weighted by molar-refractivity contribution is -0.117. The molecule has 0 atom stereocenters. The molecule has 24 heavy (non-hydrogen) atoms. The molecule has 5 heteroatoms. The quantitative estimate of drug-likeness (QED) is 0.917. The molecular formula is C19H22N2O3. The van der Waals surface area contributed by atoms with Crippen molar-refractivity contribution in [2.45, 2.75) is 32.1 Å². The normalized spacial score (nSPS) is 14.6. The highest BCUT2D eigenvalue weighted by molar-refractivity contribution is 5.92. The van der Waals surface area contributed by atoms with Crippen LogP contribution < -0.4 is 5.73 Å². The van der Waals surface area contributed by atoms with Crippen molar-refractivity contribution in [2.24, 2.45) is 5.73 Å². The number of amides is 2. The second-order valence-corrected chi connectivity index (χ2v) is 6.18. The molecule has 1 aliphatic heterocycles. The maximum absolute atomic E-state index is 12.4. The van der Waals surface area contributed by atoms with Crippen molar-refractivity contribution in [1.82, 2.24) is 4.90 Å². The summed E-state index contributed by atoms with van der Waals surface area (Å²) in [5.74, 6) is 0.742. The van der Waals surface area contributed by atoms with Crippen LogP contribution in [0.3, 0.4) is 0 Å².